The Kier molecular flexibility index (Phi) is 8.20. The lowest BCUT2D eigenvalue weighted by Crippen LogP contribution is -1.92. The molecule has 0 aromatic heterocycles. The fourth-order valence-electron chi connectivity index (χ4n) is 1.62. The highest BCUT2D eigenvalue weighted by Gasteiger charge is 2.03. The summed E-state index contributed by atoms with van der Waals surface area (Å²) in [4.78, 5) is 0. The minimum atomic E-state index is 0.114. The topological polar surface area (TPSA) is 29.5 Å². The van der Waals surface area contributed by atoms with Crippen molar-refractivity contribution >= 4 is 11.8 Å². The van der Waals surface area contributed by atoms with Crippen molar-refractivity contribution in [2.75, 3.05) is 19.5 Å². The summed E-state index contributed by atoms with van der Waals surface area (Å²) in [6.45, 7) is 2.32. The van der Waals surface area contributed by atoms with Crippen molar-refractivity contribution in [3.05, 3.63) is 29.3 Å². The van der Waals surface area contributed by atoms with Crippen LogP contribution in [0.5, 0.6) is 5.75 Å². The molecule has 0 bridgehead atoms. The molecule has 0 saturated heterocycles. The molecule has 0 aliphatic heterocycles. The summed E-state index contributed by atoms with van der Waals surface area (Å²) < 4.78 is 5.38. The predicted molar refractivity (Wildman–Crippen MR) is 82.6 cm³/mol. The van der Waals surface area contributed by atoms with Crippen molar-refractivity contribution in [2.24, 2.45) is 0 Å². The van der Waals surface area contributed by atoms with E-state index in [1.807, 2.05) is 23.9 Å². The zero-order valence-electron chi connectivity index (χ0n) is 11.7. The normalized spacial score (nSPS) is 9.84. The summed E-state index contributed by atoms with van der Waals surface area (Å²) in [5, 5.41) is 8.72. The van der Waals surface area contributed by atoms with E-state index in [-0.39, 0.29) is 6.61 Å². The van der Waals surface area contributed by atoms with Crippen LogP contribution >= 0.6 is 11.8 Å². The van der Waals surface area contributed by atoms with Crippen molar-refractivity contribution in [3.8, 4) is 17.6 Å². The highest BCUT2D eigenvalue weighted by molar-refractivity contribution is 7.98. The highest BCUT2D eigenvalue weighted by atomic mass is 32.2. The summed E-state index contributed by atoms with van der Waals surface area (Å²) in [5.41, 5.74) is 2.18. The van der Waals surface area contributed by atoms with Crippen LogP contribution in [0.25, 0.3) is 0 Å². The number of ether oxygens (including phenoxy) is 1. The molecule has 0 heterocycles. The SMILES string of the molecule is CCCCSCc1cc(C#CCCO)ccc1OC. The Morgan fingerprint density at radius 1 is 1.37 bits per heavy atom. The van der Waals surface area contributed by atoms with Gasteiger partial charge in [-0.1, -0.05) is 25.2 Å². The number of aliphatic hydroxyl groups is 1. The number of methoxy groups -OCH3 is 1. The van der Waals surface area contributed by atoms with Gasteiger partial charge in [-0.2, -0.15) is 11.8 Å². The smallest absolute Gasteiger partial charge is 0.122 e. The zero-order valence-corrected chi connectivity index (χ0v) is 12.6. The number of hydrogen-bond donors (Lipinski definition) is 1. The molecule has 1 N–H and O–H groups in total. The molecule has 0 saturated carbocycles. The van der Waals surface area contributed by atoms with Crippen molar-refractivity contribution in [1.29, 1.82) is 0 Å². The average Bonchev–Trinajstić information content (AvgIpc) is 2.44. The molecule has 0 aliphatic carbocycles. The van der Waals surface area contributed by atoms with Gasteiger partial charge in [0.05, 0.1) is 13.7 Å². The van der Waals surface area contributed by atoms with Gasteiger partial charge in [-0.15, -0.1) is 0 Å². The number of rotatable bonds is 7. The van der Waals surface area contributed by atoms with E-state index < -0.39 is 0 Å². The van der Waals surface area contributed by atoms with E-state index in [0.29, 0.717) is 6.42 Å². The summed E-state index contributed by atoms with van der Waals surface area (Å²) in [5.74, 6) is 9.07. The first kappa shape index (κ1) is 15.9. The second-order valence-corrected chi connectivity index (χ2v) is 5.31. The second kappa shape index (κ2) is 9.77. The van der Waals surface area contributed by atoms with Gasteiger partial charge in [0.15, 0.2) is 0 Å². The number of hydrogen-bond acceptors (Lipinski definition) is 3. The maximum atomic E-state index is 8.72. The van der Waals surface area contributed by atoms with Crippen LogP contribution in [0.4, 0.5) is 0 Å². The number of unbranched alkanes of at least 4 members (excludes halogenated alkanes) is 1. The molecule has 0 amide bonds. The summed E-state index contributed by atoms with van der Waals surface area (Å²) in [7, 11) is 1.70. The van der Waals surface area contributed by atoms with E-state index in [2.05, 4.69) is 24.8 Å². The van der Waals surface area contributed by atoms with Crippen molar-refractivity contribution in [1.82, 2.24) is 0 Å². The quantitative estimate of drug-likeness (QED) is 0.612. The summed E-state index contributed by atoms with van der Waals surface area (Å²) in [6, 6.07) is 6.02. The molecule has 104 valence electrons. The Balaban J connectivity index is 2.70. The van der Waals surface area contributed by atoms with Crippen LogP contribution in [0.15, 0.2) is 18.2 Å². The molecule has 19 heavy (non-hydrogen) atoms. The molecule has 0 atom stereocenters. The Hall–Kier alpha value is -1.11. The molecule has 1 aromatic rings. The molecule has 2 nitrogen and oxygen atoms in total. The van der Waals surface area contributed by atoms with Crippen molar-refractivity contribution < 1.29 is 9.84 Å². The third kappa shape index (κ3) is 6.04. The van der Waals surface area contributed by atoms with Gasteiger partial charge in [0.25, 0.3) is 0 Å². The van der Waals surface area contributed by atoms with Gasteiger partial charge in [-0.25, -0.2) is 0 Å². The molecule has 0 radical (unpaired) electrons. The minimum Gasteiger partial charge on any atom is -0.496 e. The van der Waals surface area contributed by atoms with E-state index in [4.69, 9.17) is 9.84 Å². The largest absolute Gasteiger partial charge is 0.496 e. The first-order chi connectivity index (χ1) is 9.31. The highest BCUT2D eigenvalue weighted by Crippen LogP contribution is 2.24. The third-order valence-electron chi connectivity index (χ3n) is 2.65. The van der Waals surface area contributed by atoms with Gasteiger partial charge in [-0.05, 0) is 30.4 Å². The lowest BCUT2D eigenvalue weighted by atomic mass is 10.1. The molecule has 1 rings (SSSR count). The number of aliphatic hydroxyl groups excluding tert-OH is 1. The van der Waals surface area contributed by atoms with Gasteiger partial charge in [-0.3, -0.25) is 0 Å². The maximum absolute atomic E-state index is 8.72. The van der Waals surface area contributed by atoms with Crippen LogP contribution in [0.1, 0.15) is 37.3 Å². The molecule has 0 aliphatic rings. The van der Waals surface area contributed by atoms with Crippen LogP contribution in [0, 0.1) is 11.8 Å². The van der Waals surface area contributed by atoms with Crippen molar-refractivity contribution in [2.45, 2.75) is 31.9 Å². The van der Waals surface area contributed by atoms with Gasteiger partial charge in [0.1, 0.15) is 5.75 Å². The Labute approximate surface area is 120 Å². The van der Waals surface area contributed by atoms with E-state index >= 15 is 0 Å². The van der Waals surface area contributed by atoms with E-state index in [1.165, 1.54) is 24.2 Å². The second-order valence-electron chi connectivity index (χ2n) is 4.21. The number of benzene rings is 1. The molecule has 0 spiro atoms. The Morgan fingerprint density at radius 2 is 2.21 bits per heavy atom. The fourth-order valence-corrected chi connectivity index (χ4v) is 2.70. The summed E-state index contributed by atoms with van der Waals surface area (Å²) in [6.07, 6.45) is 3.01. The van der Waals surface area contributed by atoms with E-state index in [1.54, 1.807) is 7.11 Å². The predicted octanol–water partition coefficient (Wildman–Crippen LogP) is 3.46. The van der Waals surface area contributed by atoms with Gasteiger partial charge >= 0.3 is 0 Å². The monoisotopic (exact) mass is 278 g/mol. The molecular weight excluding hydrogens is 256 g/mol. The first-order valence-corrected chi connectivity index (χ1v) is 7.81. The fraction of sp³-hybridized carbons (Fsp3) is 0.500. The van der Waals surface area contributed by atoms with Gasteiger partial charge in [0.2, 0.25) is 0 Å². The molecular formula is C16H22O2S. The Morgan fingerprint density at radius 3 is 2.89 bits per heavy atom. The van der Waals surface area contributed by atoms with Crippen LogP contribution in [0.3, 0.4) is 0 Å². The van der Waals surface area contributed by atoms with Gasteiger partial charge in [0, 0.05) is 23.3 Å². The maximum Gasteiger partial charge on any atom is 0.122 e. The lowest BCUT2D eigenvalue weighted by Gasteiger charge is -2.08. The van der Waals surface area contributed by atoms with Crippen molar-refractivity contribution in [3.63, 3.8) is 0 Å². The molecule has 0 unspecified atom stereocenters. The lowest BCUT2D eigenvalue weighted by molar-refractivity contribution is 0.305. The van der Waals surface area contributed by atoms with E-state index in [9.17, 15) is 0 Å². The van der Waals surface area contributed by atoms with E-state index in [0.717, 1.165) is 17.1 Å². The summed E-state index contributed by atoms with van der Waals surface area (Å²) >= 11 is 1.93. The van der Waals surface area contributed by atoms with Crippen LogP contribution < -0.4 is 4.74 Å². The molecule has 0 fully saturated rings. The zero-order chi connectivity index (χ0) is 13.9. The van der Waals surface area contributed by atoms with Crippen LogP contribution in [-0.2, 0) is 5.75 Å². The Bertz CT molecular complexity index is 432. The minimum absolute atomic E-state index is 0.114. The first-order valence-electron chi connectivity index (χ1n) is 6.66. The van der Waals surface area contributed by atoms with Crippen LogP contribution in [-0.4, -0.2) is 24.6 Å². The average molecular weight is 278 g/mol. The molecule has 1 aromatic carbocycles. The van der Waals surface area contributed by atoms with Gasteiger partial charge < -0.3 is 9.84 Å². The van der Waals surface area contributed by atoms with Crippen LogP contribution in [0.2, 0.25) is 0 Å². The number of thioether (sulfide) groups is 1. The standard InChI is InChI=1S/C16H22O2S/c1-3-4-11-19-13-15-12-14(7-5-6-10-17)8-9-16(15)18-2/h8-9,12,17H,3-4,6,10-11,13H2,1-2H3. The molecule has 3 heteroatoms. The third-order valence-corrected chi connectivity index (χ3v) is 3.74.